The number of amides is 1. The first-order chi connectivity index (χ1) is 20.1. The van der Waals surface area contributed by atoms with Crippen molar-refractivity contribution in [1.82, 2.24) is 14.5 Å². The Kier molecular flexibility index (Phi) is 26.6. The summed E-state index contributed by atoms with van der Waals surface area (Å²) in [6, 6.07) is 0. The highest BCUT2D eigenvalue weighted by molar-refractivity contribution is 5.77. The maximum absolute atomic E-state index is 13.4. The van der Waals surface area contributed by atoms with Gasteiger partial charge in [0, 0.05) is 50.0 Å². The molecule has 0 aromatic carbocycles. The van der Waals surface area contributed by atoms with Crippen molar-refractivity contribution in [3.8, 4) is 0 Å². The zero-order valence-electron chi connectivity index (χ0n) is 28.9. The fourth-order valence-electron chi connectivity index (χ4n) is 4.22. The van der Waals surface area contributed by atoms with Crippen molar-refractivity contribution in [1.29, 1.82) is 0 Å². The van der Waals surface area contributed by atoms with E-state index in [1.165, 1.54) is 7.05 Å². The van der Waals surface area contributed by atoms with E-state index in [9.17, 15) is 9.90 Å². The molecule has 0 bridgehead atoms. The Morgan fingerprint density at radius 2 is 1.69 bits per heavy atom. The topological polar surface area (TPSA) is 84.4 Å². The van der Waals surface area contributed by atoms with Crippen LogP contribution in [0.3, 0.4) is 0 Å². The van der Waals surface area contributed by atoms with E-state index in [0.717, 1.165) is 29.7 Å². The molecular formula is C36H64N4O2. The average molecular weight is 585 g/mol. The smallest absolute Gasteiger partial charge is 0.223 e. The maximum Gasteiger partial charge on any atom is 0.223 e. The van der Waals surface area contributed by atoms with E-state index in [2.05, 4.69) is 55.3 Å². The van der Waals surface area contributed by atoms with E-state index < -0.39 is 0 Å². The molecule has 0 saturated heterocycles. The molecule has 1 heterocycles. The van der Waals surface area contributed by atoms with Crippen LogP contribution in [0, 0.1) is 5.41 Å². The summed E-state index contributed by atoms with van der Waals surface area (Å²) in [4.78, 5) is 19.7. The van der Waals surface area contributed by atoms with Gasteiger partial charge in [-0.05, 0) is 51.6 Å². The van der Waals surface area contributed by atoms with Crippen LogP contribution in [0.5, 0.6) is 0 Å². The van der Waals surface area contributed by atoms with Gasteiger partial charge in [-0.1, -0.05) is 116 Å². The zero-order valence-corrected chi connectivity index (χ0v) is 28.9. The van der Waals surface area contributed by atoms with Crippen LogP contribution in [-0.2, 0) is 16.8 Å². The molecule has 6 nitrogen and oxygen atoms in total. The molecule has 240 valence electrons. The van der Waals surface area contributed by atoms with Gasteiger partial charge in [-0.3, -0.25) is 4.79 Å². The number of carbonyl (C=O) groups excluding carboxylic acids is 1. The monoisotopic (exact) mass is 585 g/mol. The summed E-state index contributed by atoms with van der Waals surface area (Å²) < 4.78 is 2.10. The van der Waals surface area contributed by atoms with Crippen molar-refractivity contribution < 1.29 is 9.90 Å². The Hall–Kier alpha value is -2.96. The SMILES string of the molecule is C=C/C=C\C(=C/C)CC(C)(CO)CCN(CC)C(=O)CC(C)(C)c1cncn1C/C(C=C)=C/C=C\C.CC.CC.CN. The molecule has 1 amide bonds. The van der Waals surface area contributed by atoms with Crippen LogP contribution in [0.15, 0.2) is 85.4 Å². The fourth-order valence-corrected chi connectivity index (χ4v) is 4.22. The number of nitrogens with two attached hydrogens (primary N) is 1. The van der Waals surface area contributed by atoms with Gasteiger partial charge in [0.05, 0.1) is 6.33 Å². The van der Waals surface area contributed by atoms with Gasteiger partial charge in [0.15, 0.2) is 0 Å². The van der Waals surface area contributed by atoms with E-state index in [4.69, 9.17) is 0 Å². The van der Waals surface area contributed by atoms with Crippen molar-refractivity contribution in [2.24, 2.45) is 11.1 Å². The van der Waals surface area contributed by atoms with E-state index in [1.807, 2.05) is 102 Å². The number of rotatable bonds is 16. The summed E-state index contributed by atoms with van der Waals surface area (Å²) >= 11 is 0. The van der Waals surface area contributed by atoms with Gasteiger partial charge in [0.2, 0.25) is 5.91 Å². The second-order valence-corrected chi connectivity index (χ2v) is 10.3. The molecule has 0 aliphatic heterocycles. The normalized spacial score (nSPS) is 13.2. The number of aliphatic hydroxyl groups excluding tert-OH is 1. The molecule has 1 atom stereocenters. The Morgan fingerprint density at radius 1 is 1.07 bits per heavy atom. The number of imidazole rings is 1. The highest BCUT2D eigenvalue weighted by atomic mass is 16.3. The summed E-state index contributed by atoms with van der Waals surface area (Å²) in [6.45, 7) is 29.9. The molecule has 6 heteroatoms. The van der Waals surface area contributed by atoms with Gasteiger partial charge in [-0.25, -0.2) is 4.98 Å². The molecular weight excluding hydrogens is 520 g/mol. The van der Waals surface area contributed by atoms with Crippen LogP contribution in [0.1, 0.15) is 94.2 Å². The van der Waals surface area contributed by atoms with Gasteiger partial charge in [-0.15, -0.1) is 0 Å². The van der Waals surface area contributed by atoms with Crippen LogP contribution in [0.4, 0.5) is 0 Å². The third-order valence-electron chi connectivity index (χ3n) is 6.67. The zero-order chi connectivity index (χ0) is 33.2. The Morgan fingerprint density at radius 3 is 2.17 bits per heavy atom. The van der Waals surface area contributed by atoms with Gasteiger partial charge in [-0.2, -0.15) is 0 Å². The number of aromatic nitrogens is 2. The van der Waals surface area contributed by atoms with Crippen molar-refractivity contribution in [3.05, 3.63) is 91.1 Å². The second-order valence-electron chi connectivity index (χ2n) is 10.3. The van der Waals surface area contributed by atoms with Gasteiger partial charge in [0.25, 0.3) is 0 Å². The quantitative estimate of drug-likeness (QED) is 0.192. The van der Waals surface area contributed by atoms with Crippen molar-refractivity contribution in [2.45, 2.75) is 100 Å². The summed E-state index contributed by atoms with van der Waals surface area (Å²) in [6.07, 6.45) is 21.2. The van der Waals surface area contributed by atoms with E-state index in [-0.39, 0.29) is 23.3 Å². The molecule has 3 N–H and O–H groups in total. The van der Waals surface area contributed by atoms with Crippen molar-refractivity contribution in [3.63, 3.8) is 0 Å². The Labute approximate surface area is 259 Å². The van der Waals surface area contributed by atoms with E-state index >= 15 is 0 Å². The van der Waals surface area contributed by atoms with E-state index in [0.29, 0.717) is 26.1 Å². The van der Waals surface area contributed by atoms with Crippen LogP contribution >= 0.6 is 0 Å². The van der Waals surface area contributed by atoms with Gasteiger partial charge < -0.3 is 20.3 Å². The average Bonchev–Trinajstić information content (AvgIpc) is 3.50. The largest absolute Gasteiger partial charge is 0.396 e. The first kappa shape index (κ1) is 43.5. The second kappa shape index (κ2) is 25.7. The summed E-state index contributed by atoms with van der Waals surface area (Å²) in [5.41, 5.74) is 7.05. The van der Waals surface area contributed by atoms with Crippen LogP contribution in [0.25, 0.3) is 0 Å². The van der Waals surface area contributed by atoms with Gasteiger partial charge in [0.1, 0.15) is 0 Å². The highest BCUT2D eigenvalue weighted by Crippen LogP contribution is 2.32. The minimum atomic E-state index is -0.387. The molecule has 0 saturated carbocycles. The predicted molar refractivity (Wildman–Crippen MR) is 186 cm³/mol. The first-order valence-electron chi connectivity index (χ1n) is 15.4. The fraction of sp³-hybridized carbons (Fsp3) is 0.556. The molecule has 1 aromatic heterocycles. The van der Waals surface area contributed by atoms with E-state index in [1.54, 1.807) is 6.08 Å². The summed E-state index contributed by atoms with van der Waals surface area (Å²) in [7, 11) is 1.50. The molecule has 1 aromatic rings. The lowest BCUT2D eigenvalue weighted by molar-refractivity contribution is -0.132. The molecule has 0 radical (unpaired) electrons. The Balaban J connectivity index is -0.00000237. The molecule has 42 heavy (non-hydrogen) atoms. The van der Waals surface area contributed by atoms with Gasteiger partial charge >= 0.3 is 0 Å². The predicted octanol–water partition coefficient (Wildman–Crippen LogP) is 8.18. The molecule has 0 fully saturated rings. The number of hydrogen-bond donors (Lipinski definition) is 2. The molecule has 1 unspecified atom stereocenters. The van der Waals surface area contributed by atoms with Crippen molar-refractivity contribution >= 4 is 5.91 Å². The number of allylic oxidation sites excluding steroid dienone is 10. The van der Waals surface area contributed by atoms with Crippen LogP contribution in [0.2, 0.25) is 0 Å². The van der Waals surface area contributed by atoms with Crippen LogP contribution in [-0.4, -0.2) is 52.2 Å². The first-order valence-corrected chi connectivity index (χ1v) is 15.4. The molecule has 1 rings (SSSR count). The molecule has 0 spiro atoms. The lowest BCUT2D eigenvalue weighted by atomic mass is 9.80. The Bertz CT molecular complexity index is 982. The number of aliphatic hydroxyl groups is 1. The number of hydrogen-bond acceptors (Lipinski definition) is 4. The minimum absolute atomic E-state index is 0.0645. The lowest BCUT2D eigenvalue weighted by Crippen LogP contribution is -2.39. The highest BCUT2D eigenvalue weighted by Gasteiger charge is 2.31. The molecule has 0 aliphatic rings. The summed E-state index contributed by atoms with van der Waals surface area (Å²) in [5.74, 6) is 0.113. The maximum atomic E-state index is 13.4. The number of carbonyl (C=O) groups is 1. The summed E-state index contributed by atoms with van der Waals surface area (Å²) in [5, 5.41) is 10.2. The molecule has 0 aliphatic carbocycles. The standard InChI is InChI=1S/C31H47N3O2.2C2H6.CH5N/c1-9-14-16-26(11-3)20-31(8,24-35)18-19-33(13-5)29(36)21-30(6,7)28-22-32-25-34(28)23-27(12-4)17-15-10-2;3*1-2/h9-12,14-17,22,25,35H,1,4,13,18-21,23-24H2,2-3,5-8H3;2*1-2H3;2H2,1H3/b15-10-,16-14-,26-11+,27-17+;;;. The third kappa shape index (κ3) is 16.5. The number of nitrogens with zero attached hydrogens (tertiary/aromatic N) is 3. The lowest BCUT2D eigenvalue weighted by Gasteiger charge is -2.33. The minimum Gasteiger partial charge on any atom is -0.396 e. The van der Waals surface area contributed by atoms with Crippen LogP contribution < -0.4 is 5.73 Å². The third-order valence-corrected chi connectivity index (χ3v) is 6.67. The van der Waals surface area contributed by atoms with Crippen molar-refractivity contribution in [2.75, 3.05) is 26.7 Å².